The van der Waals surface area contributed by atoms with Crippen LogP contribution in [-0.2, 0) is 11.3 Å². The minimum Gasteiger partial charge on any atom is -0.477 e. The van der Waals surface area contributed by atoms with Crippen molar-refractivity contribution in [3.05, 3.63) is 64.7 Å². The molecule has 8 nitrogen and oxygen atoms in total. The summed E-state index contributed by atoms with van der Waals surface area (Å²) in [5, 5.41) is 21.0. The maximum atomic E-state index is 13.8. The summed E-state index contributed by atoms with van der Waals surface area (Å²) in [6.07, 6.45) is 1.35. The molecule has 0 saturated heterocycles. The van der Waals surface area contributed by atoms with Crippen LogP contribution in [0.1, 0.15) is 34.1 Å². The quantitative estimate of drug-likeness (QED) is 0.605. The van der Waals surface area contributed by atoms with Gasteiger partial charge in [0.2, 0.25) is 5.88 Å². The van der Waals surface area contributed by atoms with E-state index >= 15 is 0 Å². The van der Waals surface area contributed by atoms with Crippen LogP contribution in [0.25, 0.3) is 5.82 Å². The number of nitriles is 1. The van der Waals surface area contributed by atoms with E-state index in [1.165, 1.54) is 23.0 Å². The van der Waals surface area contributed by atoms with Gasteiger partial charge in [-0.3, -0.25) is 0 Å². The average molecular weight is 381 g/mol. The van der Waals surface area contributed by atoms with Crippen molar-refractivity contribution in [2.45, 2.75) is 20.5 Å². The summed E-state index contributed by atoms with van der Waals surface area (Å²) in [6.45, 7) is 3.70. The number of rotatable bonds is 6. The Morgan fingerprint density at radius 3 is 2.79 bits per heavy atom. The third kappa shape index (κ3) is 3.96. The van der Waals surface area contributed by atoms with E-state index in [2.05, 4.69) is 15.3 Å². The largest absolute Gasteiger partial charge is 0.477 e. The SMILES string of the molecule is CCOc1ccc(-n2ncc(C(=O)OCc3cc(C#N)ccc3F)c2C)nn1. The van der Waals surface area contributed by atoms with Crippen LogP contribution in [0.3, 0.4) is 0 Å². The number of halogens is 1. The molecule has 0 fully saturated rings. The fourth-order valence-corrected chi connectivity index (χ4v) is 2.47. The first-order chi connectivity index (χ1) is 13.5. The van der Waals surface area contributed by atoms with Crippen molar-refractivity contribution < 1.29 is 18.7 Å². The normalized spacial score (nSPS) is 10.4. The van der Waals surface area contributed by atoms with E-state index in [4.69, 9.17) is 14.7 Å². The number of hydrogen-bond acceptors (Lipinski definition) is 7. The maximum absolute atomic E-state index is 13.8. The highest BCUT2D eigenvalue weighted by Gasteiger charge is 2.18. The zero-order chi connectivity index (χ0) is 20.1. The van der Waals surface area contributed by atoms with E-state index in [0.29, 0.717) is 24.0 Å². The number of aromatic nitrogens is 4. The predicted molar refractivity (Wildman–Crippen MR) is 95.3 cm³/mol. The minimum absolute atomic E-state index is 0.120. The maximum Gasteiger partial charge on any atom is 0.341 e. The van der Waals surface area contributed by atoms with E-state index in [-0.39, 0.29) is 23.3 Å². The Morgan fingerprint density at radius 1 is 1.29 bits per heavy atom. The number of carbonyl (C=O) groups excluding carboxylic acids is 1. The second-order valence-electron chi connectivity index (χ2n) is 5.71. The molecule has 2 heterocycles. The fraction of sp³-hybridized carbons (Fsp3) is 0.211. The zero-order valence-electron chi connectivity index (χ0n) is 15.2. The fourth-order valence-electron chi connectivity index (χ4n) is 2.47. The van der Waals surface area contributed by atoms with Crippen molar-refractivity contribution in [2.24, 2.45) is 0 Å². The van der Waals surface area contributed by atoms with Crippen LogP contribution < -0.4 is 4.74 Å². The van der Waals surface area contributed by atoms with Crippen LogP contribution in [0, 0.1) is 24.1 Å². The van der Waals surface area contributed by atoms with Crippen molar-refractivity contribution in [1.82, 2.24) is 20.0 Å². The average Bonchev–Trinajstić information content (AvgIpc) is 3.09. The Labute approximate surface area is 160 Å². The minimum atomic E-state index is -0.663. The molecule has 9 heteroatoms. The Kier molecular flexibility index (Phi) is 5.60. The van der Waals surface area contributed by atoms with Gasteiger partial charge in [0.05, 0.1) is 30.1 Å². The van der Waals surface area contributed by atoms with Gasteiger partial charge in [-0.25, -0.2) is 13.9 Å². The van der Waals surface area contributed by atoms with Gasteiger partial charge in [-0.05, 0) is 38.1 Å². The van der Waals surface area contributed by atoms with E-state index in [0.717, 1.165) is 6.07 Å². The molecular weight excluding hydrogens is 365 g/mol. The summed E-state index contributed by atoms with van der Waals surface area (Å²) < 4.78 is 25.7. The zero-order valence-corrected chi connectivity index (χ0v) is 15.2. The van der Waals surface area contributed by atoms with Crippen LogP contribution in [0.2, 0.25) is 0 Å². The highest BCUT2D eigenvalue weighted by atomic mass is 19.1. The van der Waals surface area contributed by atoms with Crippen LogP contribution in [-0.4, -0.2) is 32.6 Å². The number of esters is 1. The molecule has 0 amide bonds. The van der Waals surface area contributed by atoms with E-state index < -0.39 is 11.8 Å². The summed E-state index contributed by atoms with van der Waals surface area (Å²) in [4.78, 5) is 12.4. The molecule has 0 saturated carbocycles. The Hall–Kier alpha value is -3.80. The van der Waals surface area contributed by atoms with Gasteiger partial charge < -0.3 is 9.47 Å². The van der Waals surface area contributed by atoms with Gasteiger partial charge in [0, 0.05) is 11.6 Å². The Bertz CT molecular complexity index is 1040. The molecule has 0 unspecified atom stereocenters. The number of benzene rings is 1. The molecule has 2 aromatic heterocycles. The van der Waals surface area contributed by atoms with E-state index in [1.807, 2.05) is 13.0 Å². The molecular formula is C19H16FN5O3. The van der Waals surface area contributed by atoms with E-state index in [9.17, 15) is 9.18 Å². The monoisotopic (exact) mass is 381 g/mol. The molecule has 0 atom stereocenters. The van der Waals surface area contributed by atoms with Gasteiger partial charge in [-0.15, -0.1) is 10.2 Å². The molecule has 0 bridgehead atoms. The van der Waals surface area contributed by atoms with Gasteiger partial charge in [0.15, 0.2) is 5.82 Å². The van der Waals surface area contributed by atoms with Crippen LogP contribution >= 0.6 is 0 Å². The molecule has 0 N–H and O–H groups in total. The van der Waals surface area contributed by atoms with Crippen molar-refractivity contribution in [2.75, 3.05) is 6.61 Å². The lowest BCUT2D eigenvalue weighted by molar-refractivity contribution is 0.0468. The smallest absolute Gasteiger partial charge is 0.341 e. The lowest BCUT2D eigenvalue weighted by atomic mass is 10.1. The van der Waals surface area contributed by atoms with E-state index in [1.54, 1.807) is 19.1 Å². The summed E-state index contributed by atoms with van der Waals surface area (Å²) >= 11 is 0. The summed E-state index contributed by atoms with van der Waals surface area (Å²) in [6, 6.07) is 9.08. The molecule has 3 aromatic rings. The molecule has 0 aliphatic carbocycles. The van der Waals surface area contributed by atoms with Crippen molar-refractivity contribution in [3.8, 4) is 17.8 Å². The first-order valence-corrected chi connectivity index (χ1v) is 8.40. The Morgan fingerprint density at radius 2 is 2.11 bits per heavy atom. The predicted octanol–water partition coefficient (Wildman–Crippen LogP) is 2.74. The molecule has 28 heavy (non-hydrogen) atoms. The third-order valence-electron chi connectivity index (χ3n) is 3.90. The van der Waals surface area contributed by atoms with Crippen molar-refractivity contribution in [1.29, 1.82) is 5.26 Å². The topological polar surface area (TPSA) is 103 Å². The number of hydrogen-bond donors (Lipinski definition) is 0. The molecule has 3 rings (SSSR count). The van der Waals surface area contributed by atoms with Crippen LogP contribution in [0.5, 0.6) is 5.88 Å². The molecule has 0 spiro atoms. The van der Waals surface area contributed by atoms with Crippen molar-refractivity contribution >= 4 is 5.97 Å². The number of carbonyl (C=O) groups is 1. The highest BCUT2D eigenvalue weighted by molar-refractivity contribution is 5.90. The molecule has 1 aromatic carbocycles. The third-order valence-corrected chi connectivity index (χ3v) is 3.90. The van der Waals surface area contributed by atoms with Crippen molar-refractivity contribution in [3.63, 3.8) is 0 Å². The molecule has 0 aliphatic heterocycles. The van der Waals surface area contributed by atoms with Gasteiger partial charge in [-0.2, -0.15) is 10.4 Å². The van der Waals surface area contributed by atoms with Crippen LogP contribution in [0.15, 0.2) is 36.5 Å². The summed E-state index contributed by atoms with van der Waals surface area (Å²) in [5.74, 6) is -0.418. The molecule has 0 radical (unpaired) electrons. The van der Waals surface area contributed by atoms with Gasteiger partial charge in [0.1, 0.15) is 18.0 Å². The van der Waals surface area contributed by atoms with Gasteiger partial charge in [0.25, 0.3) is 0 Å². The second kappa shape index (κ2) is 8.26. The lowest BCUT2D eigenvalue weighted by Crippen LogP contribution is -2.09. The lowest BCUT2D eigenvalue weighted by Gasteiger charge is -2.07. The summed E-state index contributed by atoms with van der Waals surface area (Å²) in [5.41, 5.74) is 1.11. The first kappa shape index (κ1) is 19.0. The molecule has 0 aliphatic rings. The highest BCUT2D eigenvalue weighted by Crippen LogP contribution is 2.17. The standard InChI is InChI=1S/C19H16FN5O3/c1-3-27-18-7-6-17(23-24-18)25-12(2)15(10-22-25)19(26)28-11-14-8-13(9-21)4-5-16(14)20/h4-8,10H,3,11H2,1-2H3. The Balaban J connectivity index is 1.74. The van der Waals surface area contributed by atoms with Gasteiger partial charge in [-0.1, -0.05) is 0 Å². The molecule has 142 valence electrons. The second-order valence-corrected chi connectivity index (χ2v) is 5.71. The van der Waals surface area contributed by atoms with Crippen LogP contribution in [0.4, 0.5) is 4.39 Å². The summed E-state index contributed by atoms with van der Waals surface area (Å²) in [7, 11) is 0. The number of nitrogens with zero attached hydrogens (tertiary/aromatic N) is 5. The van der Waals surface area contributed by atoms with Gasteiger partial charge >= 0.3 is 5.97 Å². The number of ether oxygens (including phenoxy) is 2. The first-order valence-electron chi connectivity index (χ1n) is 8.40.